The Hall–Kier alpha value is -2.86. The maximum Gasteiger partial charge on any atom is 0.306 e. The second kappa shape index (κ2) is 35.5. The predicted molar refractivity (Wildman–Crippen MR) is 219 cm³/mol. The van der Waals surface area contributed by atoms with E-state index in [1.54, 1.807) is 0 Å². The van der Waals surface area contributed by atoms with Crippen molar-refractivity contribution in [1.29, 1.82) is 0 Å². The fraction of sp³-hybridized carbons (Fsp3) is 0.689. The van der Waals surface area contributed by atoms with Gasteiger partial charge in [-0.2, -0.15) is 0 Å². The summed E-state index contributed by atoms with van der Waals surface area (Å²) >= 11 is 0. The molecule has 314 valence electrons. The number of rotatable bonds is 33. The minimum atomic E-state index is -1.60. The van der Waals surface area contributed by atoms with Crippen molar-refractivity contribution >= 4 is 11.9 Å². The fourth-order valence-electron chi connectivity index (χ4n) is 5.80. The fourth-order valence-corrected chi connectivity index (χ4v) is 5.80. The highest BCUT2D eigenvalue weighted by Gasteiger charge is 2.44. The van der Waals surface area contributed by atoms with Crippen molar-refractivity contribution in [3.05, 3.63) is 72.9 Å². The number of carbonyl (C=O) groups is 2. The minimum absolute atomic E-state index is 0.202. The van der Waals surface area contributed by atoms with Crippen LogP contribution in [0.25, 0.3) is 0 Å². The minimum Gasteiger partial charge on any atom is -0.462 e. The number of hydrogen-bond donors (Lipinski definition) is 4. The molecule has 0 spiro atoms. The van der Waals surface area contributed by atoms with Crippen molar-refractivity contribution in [2.75, 3.05) is 19.8 Å². The van der Waals surface area contributed by atoms with Crippen molar-refractivity contribution in [1.82, 2.24) is 0 Å². The average Bonchev–Trinajstić information content (AvgIpc) is 3.18. The highest BCUT2D eigenvalue weighted by atomic mass is 16.7. The lowest BCUT2D eigenvalue weighted by atomic mass is 9.99. The Morgan fingerprint density at radius 2 is 1.02 bits per heavy atom. The lowest BCUT2D eigenvalue weighted by Gasteiger charge is -2.39. The van der Waals surface area contributed by atoms with Crippen molar-refractivity contribution < 1.29 is 49.0 Å². The van der Waals surface area contributed by atoms with Gasteiger partial charge in [-0.15, -0.1) is 0 Å². The molecule has 0 aromatic heterocycles. The van der Waals surface area contributed by atoms with Crippen LogP contribution in [0.2, 0.25) is 0 Å². The normalized spacial score (nSPS) is 21.3. The van der Waals surface area contributed by atoms with Crippen LogP contribution in [0, 0.1) is 0 Å². The van der Waals surface area contributed by atoms with Gasteiger partial charge in [-0.1, -0.05) is 125 Å². The maximum atomic E-state index is 12.7. The van der Waals surface area contributed by atoms with Crippen molar-refractivity contribution in [3.63, 3.8) is 0 Å². The molecular formula is C45H74O10. The standard InChI is InChI=1S/C45H74O10/c1-3-5-7-9-11-13-15-17-19-21-23-25-27-29-31-33-40(47)52-36-38(37-53-45-44(51)43(50)42(49)39(35-46)55-45)54-41(48)34-32-30-28-26-24-22-20-18-16-14-12-10-8-6-4-2/h5-8,11-14,17-20,38-39,42-46,49-51H,3-4,9-10,15-16,21-37H2,1-2H3/b7-5-,8-6-,13-11-,14-12-,19-17-,20-18-/t38?,39-,42-,43+,44-,45-/m1/s1. The summed E-state index contributed by atoms with van der Waals surface area (Å²) in [6.45, 7) is 3.14. The average molecular weight is 775 g/mol. The SMILES string of the molecule is CC/C=C\C/C=C\C/C=C\CCCCCCCC(=O)OCC(CO[C@@H]1O[C@H](CO)[C@@H](O)[C@H](O)[C@H]1O)OC(=O)CCCCCCC/C=C\C/C=C\C/C=C\CC. The van der Waals surface area contributed by atoms with Crippen LogP contribution in [0.15, 0.2) is 72.9 Å². The van der Waals surface area contributed by atoms with E-state index < -0.39 is 55.4 Å². The van der Waals surface area contributed by atoms with Crippen molar-refractivity contribution in [2.24, 2.45) is 0 Å². The zero-order valence-corrected chi connectivity index (χ0v) is 33.9. The molecule has 0 saturated carbocycles. The first-order valence-electron chi connectivity index (χ1n) is 21.0. The number of ether oxygens (including phenoxy) is 4. The van der Waals surface area contributed by atoms with Gasteiger partial charge >= 0.3 is 11.9 Å². The molecule has 1 aliphatic heterocycles. The summed E-state index contributed by atoms with van der Waals surface area (Å²) in [4.78, 5) is 25.3. The summed E-state index contributed by atoms with van der Waals surface area (Å²) in [6.07, 6.45) is 36.2. The molecule has 1 fully saturated rings. The Labute approximate surface area is 332 Å². The smallest absolute Gasteiger partial charge is 0.306 e. The predicted octanol–water partition coefficient (Wildman–Crippen LogP) is 8.44. The molecule has 1 unspecified atom stereocenters. The molecule has 10 nitrogen and oxygen atoms in total. The number of hydrogen-bond acceptors (Lipinski definition) is 10. The van der Waals surface area contributed by atoms with Crippen LogP contribution in [-0.2, 0) is 28.5 Å². The third-order valence-electron chi connectivity index (χ3n) is 9.09. The molecule has 0 radical (unpaired) electrons. The second-order valence-electron chi connectivity index (χ2n) is 14.0. The Bertz CT molecular complexity index is 1120. The zero-order chi connectivity index (χ0) is 40.2. The molecule has 0 aromatic rings. The third-order valence-corrected chi connectivity index (χ3v) is 9.09. The van der Waals surface area contributed by atoms with E-state index in [4.69, 9.17) is 18.9 Å². The summed E-state index contributed by atoms with van der Waals surface area (Å²) in [5.74, 6) is -0.855. The van der Waals surface area contributed by atoms with Crippen LogP contribution in [0.4, 0.5) is 0 Å². The van der Waals surface area contributed by atoms with E-state index in [-0.39, 0.29) is 26.1 Å². The summed E-state index contributed by atoms with van der Waals surface area (Å²) in [7, 11) is 0. The molecule has 0 aromatic carbocycles. The summed E-state index contributed by atoms with van der Waals surface area (Å²) in [5, 5.41) is 40.0. The van der Waals surface area contributed by atoms with E-state index >= 15 is 0 Å². The van der Waals surface area contributed by atoms with Crippen LogP contribution in [0.1, 0.15) is 142 Å². The molecule has 0 bridgehead atoms. The largest absolute Gasteiger partial charge is 0.462 e. The topological polar surface area (TPSA) is 152 Å². The summed E-state index contributed by atoms with van der Waals surface area (Å²) in [5.41, 5.74) is 0. The maximum absolute atomic E-state index is 12.7. The molecule has 6 atom stereocenters. The number of allylic oxidation sites excluding steroid dienone is 12. The first-order chi connectivity index (χ1) is 26.8. The molecule has 1 aliphatic rings. The van der Waals surface area contributed by atoms with Crippen LogP contribution in [-0.4, -0.2) is 89.0 Å². The Morgan fingerprint density at radius 1 is 0.564 bits per heavy atom. The van der Waals surface area contributed by atoms with Gasteiger partial charge in [0, 0.05) is 12.8 Å². The summed E-state index contributed by atoms with van der Waals surface area (Å²) < 4.78 is 22.1. The van der Waals surface area contributed by atoms with Gasteiger partial charge in [-0.25, -0.2) is 0 Å². The van der Waals surface area contributed by atoms with Gasteiger partial charge in [0.15, 0.2) is 12.4 Å². The van der Waals surface area contributed by atoms with Crippen LogP contribution >= 0.6 is 0 Å². The first kappa shape index (κ1) is 50.2. The molecule has 10 heteroatoms. The van der Waals surface area contributed by atoms with Gasteiger partial charge in [-0.05, 0) is 77.0 Å². The van der Waals surface area contributed by atoms with Gasteiger partial charge in [-0.3, -0.25) is 9.59 Å². The highest BCUT2D eigenvalue weighted by Crippen LogP contribution is 2.22. The highest BCUT2D eigenvalue weighted by molar-refractivity contribution is 5.70. The number of aliphatic hydroxyl groups is 4. The van der Waals surface area contributed by atoms with Crippen molar-refractivity contribution in [3.8, 4) is 0 Å². The van der Waals surface area contributed by atoms with E-state index in [1.165, 1.54) is 0 Å². The molecule has 0 amide bonds. The third kappa shape index (κ3) is 27.4. The lowest BCUT2D eigenvalue weighted by molar-refractivity contribution is -0.305. The van der Waals surface area contributed by atoms with Gasteiger partial charge in [0.25, 0.3) is 0 Å². The van der Waals surface area contributed by atoms with E-state index in [2.05, 4.69) is 86.8 Å². The number of aliphatic hydroxyl groups excluding tert-OH is 4. The van der Waals surface area contributed by atoms with Crippen LogP contribution in [0.5, 0.6) is 0 Å². The van der Waals surface area contributed by atoms with Gasteiger partial charge in [0.1, 0.15) is 31.0 Å². The van der Waals surface area contributed by atoms with Crippen LogP contribution < -0.4 is 0 Å². The Kier molecular flexibility index (Phi) is 32.4. The molecule has 4 N–H and O–H groups in total. The second-order valence-corrected chi connectivity index (χ2v) is 14.0. The lowest BCUT2D eigenvalue weighted by Crippen LogP contribution is -2.59. The quantitative estimate of drug-likeness (QED) is 0.0291. The Balaban J connectivity index is 2.39. The van der Waals surface area contributed by atoms with E-state index in [9.17, 15) is 30.0 Å². The number of carbonyl (C=O) groups excluding carboxylic acids is 2. The van der Waals surface area contributed by atoms with Gasteiger partial charge < -0.3 is 39.4 Å². The van der Waals surface area contributed by atoms with E-state index in [0.717, 1.165) is 103 Å². The number of esters is 2. The molecule has 1 saturated heterocycles. The van der Waals surface area contributed by atoms with E-state index in [0.29, 0.717) is 12.8 Å². The molecule has 0 aliphatic carbocycles. The monoisotopic (exact) mass is 775 g/mol. The zero-order valence-electron chi connectivity index (χ0n) is 33.9. The number of unbranched alkanes of at least 4 members (excludes halogenated alkanes) is 10. The Morgan fingerprint density at radius 3 is 1.53 bits per heavy atom. The molecule has 1 heterocycles. The molecular weight excluding hydrogens is 700 g/mol. The van der Waals surface area contributed by atoms with E-state index in [1.807, 2.05) is 0 Å². The first-order valence-corrected chi connectivity index (χ1v) is 21.0. The summed E-state index contributed by atoms with van der Waals surface area (Å²) in [6, 6.07) is 0. The van der Waals surface area contributed by atoms with Crippen molar-refractivity contribution in [2.45, 2.75) is 179 Å². The molecule has 55 heavy (non-hydrogen) atoms. The van der Waals surface area contributed by atoms with Gasteiger partial charge in [0.05, 0.1) is 13.2 Å². The van der Waals surface area contributed by atoms with Crippen LogP contribution in [0.3, 0.4) is 0 Å². The van der Waals surface area contributed by atoms with Gasteiger partial charge in [0.2, 0.25) is 0 Å². The molecule has 1 rings (SSSR count).